The first-order valence-electron chi connectivity index (χ1n) is 7.44. The molecule has 1 heterocycles. The lowest BCUT2D eigenvalue weighted by molar-refractivity contribution is 0.0489. The number of carbonyl (C=O) groups excluding carboxylic acids is 1. The molecule has 1 aromatic carbocycles. The molecule has 0 saturated heterocycles. The summed E-state index contributed by atoms with van der Waals surface area (Å²) in [4.78, 5) is 14.7. The first-order chi connectivity index (χ1) is 10.2. The lowest BCUT2D eigenvalue weighted by Crippen LogP contribution is -2.48. The summed E-state index contributed by atoms with van der Waals surface area (Å²) in [6.07, 6.45) is 6.77. The second kappa shape index (κ2) is 5.68. The van der Waals surface area contributed by atoms with Crippen LogP contribution in [0.1, 0.15) is 43.5 Å². The van der Waals surface area contributed by atoms with Gasteiger partial charge in [-0.05, 0) is 57.4 Å². The molecule has 1 aliphatic rings. The fourth-order valence-electron chi connectivity index (χ4n) is 2.75. The first-order valence-corrected chi connectivity index (χ1v) is 7.44. The van der Waals surface area contributed by atoms with Crippen molar-refractivity contribution in [2.24, 2.45) is 0 Å². The van der Waals surface area contributed by atoms with E-state index in [1.807, 2.05) is 33.7 Å². The van der Waals surface area contributed by atoms with Crippen LogP contribution in [0.25, 0.3) is 5.69 Å². The van der Waals surface area contributed by atoms with E-state index in [9.17, 15) is 4.79 Å². The van der Waals surface area contributed by atoms with Crippen LogP contribution in [0.4, 0.5) is 0 Å². The van der Waals surface area contributed by atoms with Gasteiger partial charge in [-0.25, -0.2) is 0 Å². The molecule has 1 fully saturated rings. The van der Waals surface area contributed by atoms with E-state index in [1.54, 1.807) is 12.7 Å². The molecule has 110 valence electrons. The highest BCUT2D eigenvalue weighted by Gasteiger charge is 2.31. The van der Waals surface area contributed by atoms with Gasteiger partial charge < -0.3 is 4.90 Å². The maximum Gasteiger partial charge on any atom is 0.254 e. The van der Waals surface area contributed by atoms with Crippen molar-refractivity contribution in [3.05, 3.63) is 42.5 Å². The largest absolute Gasteiger partial charge is 0.333 e. The Balaban J connectivity index is 1.80. The van der Waals surface area contributed by atoms with Crippen molar-refractivity contribution < 1.29 is 4.79 Å². The van der Waals surface area contributed by atoms with Crippen molar-refractivity contribution >= 4 is 5.91 Å². The van der Waals surface area contributed by atoms with Gasteiger partial charge in [0, 0.05) is 23.3 Å². The molecule has 3 rings (SSSR count). The highest BCUT2D eigenvalue weighted by molar-refractivity contribution is 5.94. The zero-order valence-corrected chi connectivity index (χ0v) is 12.4. The second-order valence-electron chi connectivity index (χ2n) is 5.81. The van der Waals surface area contributed by atoms with Crippen LogP contribution in [0.2, 0.25) is 0 Å². The Morgan fingerprint density at radius 2 is 1.81 bits per heavy atom. The van der Waals surface area contributed by atoms with Crippen molar-refractivity contribution in [1.82, 2.24) is 19.7 Å². The number of rotatable bonds is 4. The van der Waals surface area contributed by atoms with E-state index in [2.05, 4.69) is 24.0 Å². The summed E-state index contributed by atoms with van der Waals surface area (Å²) in [5.74, 6) is 0.130. The Hall–Kier alpha value is -2.17. The number of hydrogen-bond acceptors (Lipinski definition) is 3. The highest BCUT2D eigenvalue weighted by atomic mass is 16.2. The van der Waals surface area contributed by atoms with E-state index >= 15 is 0 Å². The molecule has 0 radical (unpaired) electrons. The number of nitrogens with zero attached hydrogens (tertiary/aromatic N) is 4. The predicted molar refractivity (Wildman–Crippen MR) is 80.3 cm³/mol. The maximum absolute atomic E-state index is 12.7. The Labute approximate surface area is 124 Å². The van der Waals surface area contributed by atoms with Gasteiger partial charge in [0.2, 0.25) is 0 Å². The molecule has 5 heteroatoms. The summed E-state index contributed by atoms with van der Waals surface area (Å²) < 4.78 is 1.82. The predicted octanol–water partition coefficient (Wildman–Crippen LogP) is 2.67. The molecule has 1 saturated carbocycles. The SMILES string of the molecule is CC(C)N(C(=O)c1ccc(-n2cnnc2)cc1)C1CCC1. The van der Waals surface area contributed by atoms with E-state index < -0.39 is 0 Å². The first kappa shape index (κ1) is 13.8. The minimum Gasteiger partial charge on any atom is -0.333 e. The Bertz CT molecular complexity index is 600. The zero-order chi connectivity index (χ0) is 14.8. The summed E-state index contributed by atoms with van der Waals surface area (Å²) >= 11 is 0. The zero-order valence-electron chi connectivity index (χ0n) is 12.4. The fourth-order valence-corrected chi connectivity index (χ4v) is 2.75. The van der Waals surface area contributed by atoms with Crippen LogP contribution >= 0.6 is 0 Å². The molecule has 1 aliphatic carbocycles. The van der Waals surface area contributed by atoms with Gasteiger partial charge in [-0.2, -0.15) is 0 Å². The minimum absolute atomic E-state index is 0.130. The Morgan fingerprint density at radius 1 is 1.19 bits per heavy atom. The van der Waals surface area contributed by atoms with E-state index in [-0.39, 0.29) is 11.9 Å². The number of carbonyl (C=O) groups is 1. The van der Waals surface area contributed by atoms with Crippen LogP contribution < -0.4 is 0 Å². The van der Waals surface area contributed by atoms with Gasteiger partial charge in [-0.15, -0.1) is 10.2 Å². The second-order valence-corrected chi connectivity index (χ2v) is 5.81. The van der Waals surface area contributed by atoms with Gasteiger partial charge in [0.05, 0.1) is 0 Å². The van der Waals surface area contributed by atoms with Crippen LogP contribution in [0.15, 0.2) is 36.9 Å². The van der Waals surface area contributed by atoms with Crippen LogP contribution in [-0.2, 0) is 0 Å². The Kier molecular flexibility index (Phi) is 3.73. The summed E-state index contributed by atoms with van der Waals surface area (Å²) in [6, 6.07) is 8.26. The number of benzene rings is 1. The molecule has 0 N–H and O–H groups in total. The topological polar surface area (TPSA) is 51.0 Å². The van der Waals surface area contributed by atoms with Crippen molar-refractivity contribution in [3.63, 3.8) is 0 Å². The van der Waals surface area contributed by atoms with Gasteiger partial charge in [-0.1, -0.05) is 0 Å². The van der Waals surface area contributed by atoms with Gasteiger partial charge >= 0.3 is 0 Å². The third-order valence-corrected chi connectivity index (χ3v) is 4.09. The molecule has 0 bridgehead atoms. The average Bonchev–Trinajstić information content (AvgIpc) is 2.96. The standard InChI is InChI=1S/C16H20N4O/c1-12(2)20(15-4-3-5-15)16(21)13-6-8-14(9-7-13)19-10-17-18-11-19/h6-12,15H,3-5H2,1-2H3. The molecule has 0 atom stereocenters. The molecular weight excluding hydrogens is 264 g/mol. The van der Waals surface area contributed by atoms with Gasteiger partial charge in [0.1, 0.15) is 12.7 Å². The van der Waals surface area contributed by atoms with Crippen molar-refractivity contribution in [1.29, 1.82) is 0 Å². The maximum atomic E-state index is 12.7. The van der Waals surface area contributed by atoms with Crippen molar-refractivity contribution in [3.8, 4) is 5.69 Å². The molecule has 0 unspecified atom stereocenters. The fraction of sp³-hybridized carbons (Fsp3) is 0.438. The van der Waals surface area contributed by atoms with Crippen LogP contribution in [-0.4, -0.2) is 37.7 Å². The molecule has 21 heavy (non-hydrogen) atoms. The normalized spacial score (nSPS) is 15.0. The lowest BCUT2D eigenvalue weighted by Gasteiger charge is -2.40. The molecule has 2 aromatic rings. The molecule has 5 nitrogen and oxygen atoms in total. The molecule has 1 amide bonds. The summed E-state index contributed by atoms with van der Waals surface area (Å²) in [6.45, 7) is 4.17. The summed E-state index contributed by atoms with van der Waals surface area (Å²) in [5.41, 5.74) is 1.70. The summed E-state index contributed by atoms with van der Waals surface area (Å²) in [7, 11) is 0. The van der Waals surface area contributed by atoms with Crippen LogP contribution in [0, 0.1) is 0 Å². The van der Waals surface area contributed by atoms with E-state index in [0.717, 1.165) is 24.1 Å². The molecular formula is C16H20N4O. The van der Waals surface area contributed by atoms with Crippen molar-refractivity contribution in [2.75, 3.05) is 0 Å². The Morgan fingerprint density at radius 3 is 2.29 bits per heavy atom. The van der Waals surface area contributed by atoms with Crippen LogP contribution in [0.3, 0.4) is 0 Å². The molecule has 0 spiro atoms. The van der Waals surface area contributed by atoms with E-state index in [1.165, 1.54) is 6.42 Å². The van der Waals surface area contributed by atoms with Gasteiger partial charge in [0.15, 0.2) is 0 Å². The minimum atomic E-state index is 0.130. The number of amides is 1. The summed E-state index contributed by atoms with van der Waals surface area (Å²) in [5, 5.41) is 7.57. The lowest BCUT2D eigenvalue weighted by atomic mass is 9.90. The monoisotopic (exact) mass is 284 g/mol. The van der Waals surface area contributed by atoms with Crippen molar-refractivity contribution in [2.45, 2.75) is 45.2 Å². The highest BCUT2D eigenvalue weighted by Crippen LogP contribution is 2.28. The van der Waals surface area contributed by atoms with E-state index in [4.69, 9.17) is 0 Å². The van der Waals surface area contributed by atoms with Crippen LogP contribution in [0.5, 0.6) is 0 Å². The number of hydrogen-bond donors (Lipinski definition) is 0. The van der Waals surface area contributed by atoms with Gasteiger partial charge in [-0.3, -0.25) is 9.36 Å². The smallest absolute Gasteiger partial charge is 0.254 e. The average molecular weight is 284 g/mol. The van der Waals surface area contributed by atoms with E-state index in [0.29, 0.717) is 6.04 Å². The molecule has 1 aromatic heterocycles. The third kappa shape index (κ3) is 2.68. The third-order valence-electron chi connectivity index (χ3n) is 4.09. The number of aromatic nitrogens is 3. The molecule has 0 aliphatic heterocycles. The quantitative estimate of drug-likeness (QED) is 0.867. The van der Waals surface area contributed by atoms with Gasteiger partial charge in [0.25, 0.3) is 5.91 Å².